The molecule has 1 fully saturated rings. The van der Waals surface area contributed by atoms with Crippen LogP contribution in [-0.2, 0) is 4.74 Å². The SMILES string of the molecule is CNC(C)(C#N)CCCCN1CCC(COC)CC1. The van der Waals surface area contributed by atoms with Gasteiger partial charge in [0.2, 0.25) is 0 Å². The second-order valence-corrected chi connectivity index (χ2v) is 5.89. The Labute approximate surface area is 118 Å². The maximum Gasteiger partial charge on any atom is 0.103 e. The summed E-state index contributed by atoms with van der Waals surface area (Å²) in [5.41, 5.74) is -0.356. The van der Waals surface area contributed by atoms with Gasteiger partial charge in [0.15, 0.2) is 0 Å². The Morgan fingerprint density at radius 2 is 2.05 bits per heavy atom. The molecular formula is C15H29N3O. The molecule has 1 atom stereocenters. The highest BCUT2D eigenvalue weighted by molar-refractivity contribution is 5.02. The van der Waals surface area contributed by atoms with Crippen molar-refractivity contribution in [3.05, 3.63) is 0 Å². The molecule has 0 aromatic carbocycles. The van der Waals surface area contributed by atoms with Crippen molar-refractivity contribution in [2.75, 3.05) is 40.4 Å². The highest BCUT2D eigenvalue weighted by atomic mass is 16.5. The maximum atomic E-state index is 9.08. The minimum absolute atomic E-state index is 0.356. The number of nitriles is 1. The molecule has 0 aliphatic carbocycles. The fourth-order valence-electron chi connectivity index (χ4n) is 2.66. The van der Waals surface area contributed by atoms with E-state index < -0.39 is 0 Å². The number of methoxy groups -OCH3 is 1. The Bertz CT molecular complexity index is 282. The Morgan fingerprint density at radius 3 is 2.58 bits per heavy atom. The van der Waals surface area contributed by atoms with Crippen LogP contribution in [0.5, 0.6) is 0 Å². The molecule has 1 aliphatic heterocycles. The molecule has 0 aromatic heterocycles. The van der Waals surface area contributed by atoms with E-state index in [1.807, 2.05) is 14.0 Å². The third kappa shape index (κ3) is 5.90. The van der Waals surface area contributed by atoms with Gasteiger partial charge in [-0.05, 0) is 71.6 Å². The summed E-state index contributed by atoms with van der Waals surface area (Å²) >= 11 is 0. The molecule has 1 saturated heterocycles. The van der Waals surface area contributed by atoms with E-state index in [0.717, 1.165) is 25.4 Å². The molecular weight excluding hydrogens is 238 g/mol. The van der Waals surface area contributed by atoms with Gasteiger partial charge in [-0.1, -0.05) is 0 Å². The third-order valence-electron chi connectivity index (χ3n) is 4.31. The van der Waals surface area contributed by atoms with E-state index in [0.29, 0.717) is 0 Å². The van der Waals surface area contributed by atoms with Crippen LogP contribution in [0.15, 0.2) is 0 Å². The molecule has 0 bridgehead atoms. The zero-order valence-electron chi connectivity index (χ0n) is 12.7. The Morgan fingerprint density at radius 1 is 1.37 bits per heavy atom. The van der Waals surface area contributed by atoms with Gasteiger partial charge in [-0.25, -0.2) is 0 Å². The molecule has 1 rings (SSSR count). The fourth-order valence-corrected chi connectivity index (χ4v) is 2.66. The van der Waals surface area contributed by atoms with E-state index in [-0.39, 0.29) is 5.54 Å². The maximum absolute atomic E-state index is 9.08. The molecule has 0 radical (unpaired) electrons. The van der Waals surface area contributed by atoms with Gasteiger partial charge in [0, 0.05) is 13.7 Å². The molecule has 0 amide bonds. The highest BCUT2D eigenvalue weighted by Gasteiger charge is 2.21. The number of unbranched alkanes of at least 4 members (excludes halogenated alkanes) is 1. The number of hydrogen-bond acceptors (Lipinski definition) is 4. The molecule has 4 nitrogen and oxygen atoms in total. The topological polar surface area (TPSA) is 48.3 Å². The zero-order valence-corrected chi connectivity index (χ0v) is 12.7. The number of rotatable bonds is 8. The zero-order chi connectivity index (χ0) is 14.1. The smallest absolute Gasteiger partial charge is 0.103 e. The van der Waals surface area contributed by atoms with Crippen molar-refractivity contribution < 1.29 is 4.74 Å². The number of ether oxygens (including phenoxy) is 1. The van der Waals surface area contributed by atoms with Crippen LogP contribution in [-0.4, -0.2) is 50.8 Å². The first-order valence-corrected chi connectivity index (χ1v) is 7.45. The standard InChI is InChI=1S/C15H29N3O/c1-15(13-16,17-2)8-4-5-9-18-10-6-14(7-11-18)12-19-3/h14,17H,4-12H2,1-3H3. The lowest BCUT2D eigenvalue weighted by Crippen LogP contribution is -2.38. The molecule has 1 N–H and O–H groups in total. The summed E-state index contributed by atoms with van der Waals surface area (Å²) in [7, 11) is 3.66. The van der Waals surface area contributed by atoms with Crippen molar-refractivity contribution in [3.8, 4) is 6.07 Å². The Kier molecular flexibility index (Phi) is 7.37. The van der Waals surface area contributed by atoms with Crippen molar-refractivity contribution in [2.24, 2.45) is 5.92 Å². The Hall–Kier alpha value is -0.630. The largest absolute Gasteiger partial charge is 0.384 e. The van der Waals surface area contributed by atoms with Crippen molar-refractivity contribution in [3.63, 3.8) is 0 Å². The van der Waals surface area contributed by atoms with Gasteiger partial charge in [0.25, 0.3) is 0 Å². The fraction of sp³-hybridized carbons (Fsp3) is 0.933. The summed E-state index contributed by atoms with van der Waals surface area (Å²) in [6.07, 6.45) is 5.76. The van der Waals surface area contributed by atoms with Crippen molar-refractivity contribution in [2.45, 2.75) is 44.6 Å². The van der Waals surface area contributed by atoms with E-state index in [2.05, 4.69) is 16.3 Å². The second kappa shape index (κ2) is 8.52. The van der Waals surface area contributed by atoms with Gasteiger partial charge in [-0.15, -0.1) is 0 Å². The van der Waals surface area contributed by atoms with E-state index >= 15 is 0 Å². The summed E-state index contributed by atoms with van der Waals surface area (Å²) in [6.45, 7) is 6.47. The summed E-state index contributed by atoms with van der Waals surface area (Å²) in [5, 5.41) is 12.2. The molecule has 110 valence electrons. The van der Waals surface area contributed by atoms with E-state index in [4.69, 9.17) is 10.00 Å². The summed E-state index contributed by atoms with van der Waals surface area (Å²) in [4.78, 5) is 2.55. The summed E-state index contributed by atoms with van der Waals surface area (Å²) in [5.74, 6) is 0.757. The molecule has 1 unspecified atom stereocenters. The first-order chi connectivity index (χ1) is 9.13. The van der Waals surface area contributed by atoms with Gasteiger partial charge >= 0.3 is 0 Å². The number of piperidine rings is 1. The summed E-state index contributed by atoms with van der Waals surface area (Å²) in [6, 6.07) is 2.35. The average Bonchev–Trinajstić information content (AvgIpc) is 2.45. The number of nitrogens with zero attached hydrogens (tertiary/aromatic N) is 2. The van der Waals surface area contributed by atoms with Crippen LogP contribution < -0.4 is 5.32 Å². The van der Waals surface area contributed by atoms with Crippen LogP contribution in [0.4, 0.5) is 0 Å². The van der Waals surface area contributed by atoms with Crippen molar-refractivity contribution in [1.82, 2.24) is 10.2 Å². The van der Waals surface area contributed by atoms with Crippen LogP contribution in [0.3, 0.4) is 0 Å². The number of hydrogen-bond donors (Lipinski definition) is 1. The first-order valence-electron chi connectivity index (χ1n) is 7.45. The van der Waals surface area contributed by atoms with E-state index in [1.54, 1.807) is 7.11 Å². The molecule has 19 heavy (non-hydrogen) atoms. The van der Waals surface area contributed by atoms with Crippen LogP contribution in [0.2, 0.25) is 0 Å². The minimum Gasteiger partial charge on any atom is -0.384 e. The predicted molar refractivity (Wildman–Crippen MR) is 78.0 cm³/mol. The average molecular weight is 267 g/mol. The van der Waals surface area contributed by atoms with Gasteiger partial charge in [0.05, 0.1) is 6.07 Å². The van der Waals surface area contributed by atoms with Gasteiger partial charge < -0.3 is 15.0 Å². The second-order valence-electron chi connectivity index (χ2n) is 5.89. The number of likely N-dealkylation sites (tertiary alicyclic amines) is 1. The van der Waals surface area contributed by atoms with Crippen LogP contribution in [0.25, 0.3) is 0 Å². The van der Waals surface area contributed by atoms with Gasteiger partial charge in [-0.2, -0.15) is 5.26 Å². The lowest BCUT2D eigenvalue weighted by molar-refractivity contribution is 0.0986. The quantitative estimate of drug-likeness (QED) is 0.684. The first kappa shape index (κ1) is 16.4. The van der Waals surface area contributed by atoms with Crippen LogP contribution >= 0.6 is 0 Å². The van der Waals surface area contributed by atoms with Crippen LogP contribution in [0, 0.1) is 17.2 Å². The molecule has 1 aliphatic rings. The molecule has 0 aromatic rings. The van der Waals surface area contributed by atoms with Crippen LogP contribution in [0.1, 0.15) is 39.0 Å². The predicted octanol–water partition coefficient (Wildman–Crippen LogP) is 2.02. The minimum atomic E-state index is -0.356. The monoisotopic (exact) mass is 267 g/mol. The third-order valence-corrected chi connectivity index (χ3v) is 4.31. The highest BCUT2D eigenvalue weighted by Crippen LogP contribution is 2.18. The lowest BCUT2D eigenvalue weighted by Gasteiger charge is -2.31. The van der Waals surface area contributed by atoms with Gasteiger partial charge in [-0.3, -0.25) is 0 Å². The Balaban J connectivity index is 2.10. The van der Waals surface area contributed by atoms with Gasteiger partial charge in [0.1, 0.15) is 5.54 Å². The molecule has 0 spiro atoms. The summed E-state index contributed by atoms with van der Waals surface area (Å²) < 4.78 is 5.22. The molecule has 4 heteroatoms. The molecule has 0 saturated carbocycles. The van der Waals surface area contributed by atoms with E-state index in [1.165, 1.54) is 38.9 Å². The van der Waals surface area contributed by atoms with Crippen molar-refractivity contribution >= 4 is 0 Å². The molecule has 1 heterocycles. The van der Waals surface area contributed by atoms with E-state index in [9.17, 15) is 0 Å². The lowest BCUT2D eigenvalue weighted by atomic mass is 9.95. The number of nitrogens with one attached hydrogen (secondary N) is 1. The van der Waals surface area contributed by atoms with Crippen molar-refractivity contribution in [1.29, 1.82) is 5.26 Å². The normalized spacial score (nSPS) is 20.9.